The summed E-state index contributed by atoms with van der Waals surface area (Å²) in [6, 6.07) is 58.7. The molecule has 0 amide bonds. The van der Waals surface area contributed by atoms with E-state index in [4.69, 9.17) is 4.98 Å². The second-order valence-electron chi connectivity index (χ2n) is 13.5. The molecular weight excluding hydrogens is 613 g/mol. The van der Waals surface area contributed by atoms with Crippen LogP contribution in [0.25, 0.3) is 55.2 Å². The first-order chi connectivity index (χ1) is 23.9. The summed E-state index contributed by atoms with van der Waals surface area (Å²) in [5.74, 6) is 0. The van der Waals surface area contributed by atoms with E-state index in [9.17, 15) is 4.57 Å². The predicted octanol–water partition coefficient (Wildman–Crippen LogP) is 10.7. The van der Waals surface area contributed by atoms with Crippen LogP contribution >= 0.6 is 7.14 Å². The van der Waals surface area contributed by atoms with E-state index in [1.807, 2.05) is 72.8 Å². The molecule has 2 nitrogen and oxygen atoms in total. The van der Waals surface area contributed by atoms with Crippen molar-refractivity contribution in [3.63, 3.8) is 0 Å². The molecule has 0 saturated heterocycles. The van der Waals surface area contributed by atoms with Crippen molar-refractivity contribution in [1.29, 1.82) is 0 Å². The number of fused-ring (bicyclic) bond motifs is 6. The lowest BCUT2D eigenvalue weighted by Gasteiger charge is -2.25. The van der Waals surface area contributed by atoms with Gasteiger partial charge in [-0.15, -0.1) is 0 Å². The van der Waals surface area contributed by atoms with Crippen LogP contribution in [0.2, 0.25) is 0 Å². The van der Waals surface area contributed by atoms with Gasteiger partial charge in [-0.1, -0.05) is 178 Å². The summed E-state index contributed by atoms with van der Waals surface area (Å²) in [4.78, 5) is 5.34. The van der Waals surface area contributed by atoms with Gasteiger partial charge in [0.15, 0.2) is 7.14 Å². The molecule has 0 unspecified atom stereocenters. The SMILES string of the molecule is CC1(C)c2ccccc2-c2nc3ccc4ccccc4c3c(-c3ccc(-c4ccc(P(=O)(c5ccccc5)c5ccccc5)cc4)cc3)c21. The van der Waals surface area contributed by atoms with Crippen molar-refractivity contribution in [2.45, 2.75) is 19.3 Å². The molecule has 0 spiro atoms. The Morgan fingerprint density at radius 3 is 1.71 bits per heavy atom. The quantitative estimate of drug-likeness (QED) is 0.137. The maximum atomic E-state index is 14.9. The first kappa shape index (κ1) is 29.6. The van der Waals surface area contributed by atoms with Crippen molar-refractivity contribution in [3.05, 3.63) is 181 Å². The summed E-state index contributed by atoms with van der Waals surface area (Å²) in [5, 5.41) is 6.15. The average Bonchev–Trinajstić information content (AvgIpc) is 3.40. The molecule has 49 heavy (non-hydrogen) atoms. The second-order valence-corrected chi connectivity index (χ2v) is 16.2. The number of hydrogen-bond acceptors (Lipinski definition) is 2. The van der Waals surface area contributed by atoms with Gasteiger partial charge in [-0.2, -0.15) is 0 Å². The van der Waals surface area contributed by atoms with E-state index >= 15 is 0 Å². The molecular formula is C46H34NOP. The minimum atomic E-state index is -3.03. The monoisotopic (exact) mass is 647 g/mol. The second kappa shape index (κ2) is 11.3. The highest BCUT2D eigenvalue weighted by Gasteiger charge is 2.39. The Morgan fingerprint density at radius 1 is 0.510 bits per heavy atom. The minimum absolute atomic E-state index is 0.209. The zero-order valence-corrected chi connectivity index (χ0v) is 28.4. The summed E-state index contributed by atoms with van der Waals surface area (Å²) in [5.41, 5.74) is 10.4. The highest BCUT2D eigenvalue weighted by Crippen LogP contribution is 2.54. The van der Waals surface area contributed by atoms with Crippen LogP contribution in [0.3, 0.4) is 0 Å². The largest absolute Gasteiger partial charge is 0.309 e. The molecule has 3 heteroatoms. The zero-order chi connectivity index (χ0) is 33.2. The fourth-order valence-corrected chi connectivity index (χ4v) is 10.6. The molecule has 1 aliphatic rings. The van der Waals surface area contributed by atoms with Crippen molar-refractivity contribution in [3.8, 4) is 33.5 Å². The van der Waals surface area contributed by atoms with Gasteiger partial charge in [-0.05, 0) is 50.2 Å². The van der Waals surface area contributed by atoms with E-state index in [1.54, 1.807) is 0 Å². The summed E-state index contributed by atoms with van der Waals surface area (Å²) in [6.07, 6.45) is 0. The highest BCUT2D eigenvalue weighted by atomic mass is 31.2. The van der Waals surface area contributed by atoms with E-state index in [1.165, 1.54) is 44.0 Å². The van der Waals surface area contributed by atoms with Crippen LogP contribution in [0.15, 0.2) is 170 Å². The fourth-order valence-electron chi connectivity index (χ4n) is 7.91. The van der Waals surface area contributed by atoms with Crippen LogP contribution in [0.1, 0.15) is 25.0 Å². The smallest absolute Gasteiger partial charge is 0.171 e. The standard InChI is InChI=1S/C46H34NOP/c1-46(2)40-20-12-11-19-39(40)45-44(46)42(43-38-18-10-9-13-33(38)27-30-41(43)47-45)34-23-21-31(22-24-34)32-25-28-37(29-26-32)49(48,35-14-5-3-6-15-35)36-16-7-4-8-17-36/h3-30H,1-2H3. The van der Waals surface area contributed by atoms with E-state index in [0.29, 0.717) is 0 Å². The number of pyridine rings is 1. The Labute approximate surface area is 287 Å². The van der Waals surface area contributed by atoms with Gasteiger partial charge < -0.3 is 4.57 Å². The molecule has 9 rings (SSSR count). The van der Waals surface area contributed by atoms with E-state index < -0.39 is 7.14 Å². The van der Waals surface area contributed by atoms with Gasteiger partial charge in [0.25, 0.3) is 0 Å². The molecule has 8 aromatic rings. The third-order valence-electron chi connectivity index (χ3n) is 10.3. The number of rotatable bonds is 5. The van der Waals surface area contributed by atoms with E-state index in [2.05, 4.69) is 111 Å². The normalized spacial score (nSPS) is 13.3. The van der Waals surface area contributed by atoms with Gasteiger partial charge in [0.05, 0.1) is 11.2 Å². The summed E-state index contributed by atoms with van der Waals surface area (Å²) in [7, 11) is -3.03. The molecule has 0 atom stereocenters. The Balaban J connectivity index is 1.18. The average molecular weight is 648 g/mol. The molecule has 0 saturated carbocycles. The minimum Gasteiger partial charge on any atom is -0.309 e. The highest BCUT2D eigenvalue weighted by molar-refractivity contribution is 7.85. The van der Waals surface area contributed by atoms with Gasteiger partial charge in [-0.3, -0.25) is 0 Å². The Hall–Kier alpha value is -5.56. The Morgan fingerprint density at radius 2 is 1.04 bits per heavy atom. The van der Waals surface area contributed by atoms with Crippen molar-refractivity contribution in [2.75, 3.05) is 0 Å². The van der Waals surface area contributed by atoms with Crippen molar-refractivity contribution < 1.29 is 4.57 Å². The zero-order valence-electron chi connectivity index (χ0n) is 27.5. The molecule has 1 heterocycles. The third-order valence-corrected chi connectivity index (χ3v) is 13.4. The van der Waals surface area contributed by atoms with Crippen LogP contribution in [-0.2, 0) is 9.98 Å². The maximum absolute atomic E-state index is 14.9. The summed E-state index contributed by atoms with van der Waals surface area (Å²) < 4.78 is 14.9. The Kier molecular flexibility index (Phi) is 6.80. The molecule has 0 radical (unpaired) electrons. The van der Waals surface area contributed by atoms with Crippen molar-refractivity contribution in [2.24, 2.45) is 0 Å². The number of aromatic nitrogens is 1. The number of nitrogens with zero attached hydrogens (tertiary/aromatic N) is 1. The maximum Gasteiger partial charge on any atom is 0.171 e. The molecule has 0 N–H and O–H groups in total. The van der Waals surface area contributed by atoms with Gasteiger partial charge >= 0.3 is 0 Å². The van der Waals surface area contributed by atoms with Gasteiger partial charge in [0.2, 0.25) is 0 Å². The fraction of sp³-hybridized carbons (Fsp3) is 0.0652. The first-order valence-corrected chi connectivity index (χ1v) is 18.5. The Bertz CT molecular complexity index is 2530. The van der Waals surface area contributed by atoms with Crippen molar-refractivity contribution in [1.82, 2.24) is 4.98 Å². The lowest BCUT2D eigenvalue weighted by Crippen LogP contribution is -2.24. The molecule has 234 valence electrons. The predicted molar refractivity (Wildman–Crippen MR) is 207 cm³/mol. The molecule has 7 aromatic carbocycles. The van der Waals surface area contributed by atoms with Gasteiger partial charge in [0.1, 0.15) is 0 Å². The van der Waals surface area contributed by atoms with Crippen LogP contribution in [0, 0.1) is 0 Å². The summed E-state index contributed by atoms with van der Waals surface area (Å²) in [6.45, 7) is 4.67. The molecule has 0 aliphatic heterocycles. The number of hydrogen-bond donors (Lipinski definition) is 0. The van der Waals surface area contributed by atoms with Crippen molar-refractivity contribution >= 4 is 44.7 Å². The summed E-state index contributed by atoms with van der Waals surface area (Å²) >= 11 is 0. The lowest BCUT2D eigenvalue weighted by atomic mass is 9.78. The van der Waals surface area contributed by atoms with Crippen LogP contribution in [0.4, 0.5) is 0 Å². The molecule has 1 aromatic heterocycles. The molecule has 0 fully saturated rings. The third kappa shape index (κ3) is 4.55. The van der Waals surface area contributed by atoms with E-state index in [0.717, 1.165) is 38.3 Å². The first-order valence-electron chi connectivity index (χ1n) is 16.8. The molecule has 1 aliphatic carbocycles. The van der Waals surface area contributed by atoms with Crippen LogP contribution in [0.5, 0.6) is 0 Å². The topological polar surface area (TPSA) is 30.0 Å². The number of benzene rings is 7. The van der Waals surface area contributed by atoms with Crippen LogP contribution < -0.4 is 15.9 Å². The van der Waals surface area contributed by atoms with Gasteiger partial charge in [-0.25, -0.2) is 4.98 Å². The molecule has 0 bridgehead atoms. The van der Waals surface area contributed by atoms with E-state index in [-0.39, 0.29) is 5.41 Å². The van der Waals surface area contributed by atoms with Gasteiger partial charge in [0, 0.05) is 32.3 Å². The lowest BCUT2D eigenvalue weighted by molar-refractivity contribution is 0.592. The van der Waals surface area contributed by atoms with Crippen LogP contribution in [-0.4, -0.2) is 4.98 Å².